The Morgan fingerprint density at radius 1 is 1.10 bits per heavy atom. The van der Waals surface area contributed by atoms with Crippen LogP contribution in [0.2, 0.25) is 0 Å². The van der Waals surface area contributed by atoms with Gasteiger partial charge in [0.2, 0.25) is 0 Å². The van der Waals surface area contributed by atoms with Crippen molar-refractivity contribution in [2.75, 3.05) is 17.7 Å². The second-order valence-corrected chi connectivity index (χ2v) is 4.88. The summed E-state index contributed by atoms with van der Waals surface area (Å²) in [5.74, 6) is 0. The van der Waals surface area contributed by atoms with E-state index >= 15 is 0 Å². The van der Waals surface area contributed by atoms with Gasteiger partial charge < -0.3 is 16.2 Å². The molecule has 0 radical (unpaired) electrons. The molecule has 108 valence electrons. The van der Waals surface area contributed by atoms with E-state index in [1.54, 1.807) is 6.07 Å². The maximum Gasteiger partial charge on any atom is 0.160 e. The Balaban J connectivity index is 1.83. The maximum absolute atomic E-state index is 9.58. The summed E-state index contributed by atoms with van der Waals surface area (Å²) in [6, 6.07) is 13.4. The maximum atomic E-state index is 9.58. The van der Waals surface area contributed by atoms with Crippen molar-refractivity contribution in [1.29, 1.82) is 0 Å². The molecule has 2 aromatic carbocycles. The third-order valence-corrected chi connectivity index (χ3v) is 3.35. The van der Waals surface area contributed by atoms with Gasteiger partial charge in [-0.1, -0.05) is 30.3 Å². The molecule has 0 aliphatic carbocycles. The van der Waals surface area contributed by atoms with Gasteiger partial charge >= 0.3 is 0 Å². The molecule has 6 heteroatoms. The Morgan fingerprint density at radius 3 is 2.62 bits per heavy atom. The summed E-state index contributed by atoms with van der Waals surface area (Å²) in [4.78, 5) is 0. The molecule has 4 N–H and O–H groups in total. The molecule has 1 heterocycles. The lowest BCUT2D eigenvalue weighted by Gasteiger charge is -2.17. The van der Waals surface area contributed by atoms with Gasteiger partial charge in [0.15, 0.2) is 11.0 Å². The van der Waals surface area contributed by atoms with Crippen LogP contribution in [0.4, 0.5) is 11.4 Å². The molecule has 0 spiro atoms. The second-order valence-electron chi connectivity index (χ2n) is 4.88. The van der Waals surface area contributed by atoms with Crippen molar-refractivity contribution in [2.24, 2.45) is 0 Å². The van der Waals surface area contributed by atoms with Crippen LogP contribution in [0.1, 0.15) is 5.56 Å². The zero-order valence-electron chi connectivity index (χ0n) is 11.4. The van der Waals surface area contributed by atoms with Gasteiger partial charge in [-0.2, -0.15) is 0 Å². The van der Waals surface area contributed by atoms with Crippen LogP contribution in [0.25, 0.3) is 11.0 Å². The number of nitrogens with two attached hydrogens (primary N) is 1. The Labute approximate surface area is 121 Å². The average Bonchev–Trinajstić information content (AvgIpc) is 3.01. The summed E-state index contributed by atoms with van der Waals surface area (Å²) >= 11 is 0. The van der Waals surface area contributed by atoms with E-state index in [2.05, 4.69) is 15.6 Å². The summed E-state index contributed by atoms with van der Waals surface area (Å²) in [7, 11) is 0. The summed E-state index contributed by atoms with van der Waals surface area (Å²) < 4.78 is 4.74. The van der Waals surface area contributed by atoms with Gasteiger partial charge in [0.1, 0.15) is 0 Å². The topological polar surface area (TPSA) is 97.2 Å². The van der Waals surface area contributed by atoms with Crippen LogP contribution in [0.5, 0.6) is 0 Å². The lowest BCUT2D eigenvalue weighted by Crippen LogP contribution is -2.26. The zero-order chi connectivity index (χ0) is 14.7. The minimum Gasteiger partial charge on any atom is -0.397 e. The molecule has 1 aromatic heterocycles. The number of aliphatic hydroxyl groups is 1. The number of hydrogen-bond acceptors (Lipinski definition) is 6. The molecular formula is C15H16N4O2. The van der Waals surface area contributed by atoms with Gasteiger partial charge in [0, 0.05) is 0 Å². The molecule has 0 bridgehead atoms. The predicted molar refractivity (Wildman–Crippen MR) is 80.9 cm³/mol. The van der Waals surface area contributed by atoms with Gasteiger partial charge in [-0.05, 0) is 34.4 Å². The van der Waals surface area contributed by atoms with Crippen molar-refractivity contribution in [1.82, 2.24) is 10.3 Å². The molecule has 3 aromatic rings. The summed E-state index contributed by atoms with van der Waals surface area (Å²) in [6.45, 7) is 0.00600. The number of benzene rings is 2. The van der Waals surface area contributed by atoms with Crippen molar-refractivity contribution in [3.8, 4) is 0 Å². The average molecular weight is 284 g/mol. The number of hydrogen-bond donors (Lipinski definition) is 3. The van der Waals surface area contributed by atoms with Crippen molar-refractivity contribution < 1.29 is 9.74 Å². The van der Waals surface area contributed by atoms with E-state index in [1.165, 1.54) is 0 Å². The number of nitrogen functional groups attached to an aromatic ring is 1. The minimum absolute atomic E-state index is 0.00600. The van der Waals surface area contributed by atoms with Crippen LogP contribution in [-0.2, 0) is 6.42 Å². The molecule has 0 saturated heterocycles. The van der Waals surface area contributed by atoms with Crippen LogP contribution in [0, 0.1) is 0 Å². The predicted octanol–water partition coefficient (Wildman–Crippen LogP) is 1.82. The number of nitrogens with zero attached hydrogens (tertiary/aromatic N) is 2. The van der Waals surface area contributed by atoms with E-state index in [0.29, 0.717) is 23.1 Å². The van der Waals surface area contributed by atoms with Crippen LogP contribution in [0.3, 0.4) is 0 Å². The van der Waals surface area contributed by atoms with E-state index < -0.39 is 0 Å². The van der Waals surface area contributed by atoms with E-state index in [9.17, 15) is 5.11 Å². The summed E-state index contributed by atoms with van der Waals surface area (Å²) in [5.41, 5.74) is 9.32. The molecule has 0 aliphatic heterocycles. The van der Waals surface area contributed by atoms with Crippen molar-refractivity contribution >= 4 is 22.4 Å². The van der Waals surface area contributed by atoms with Gasteiger partial charge in [-0.3, -0.25) is 0 Å². The van der Waals surface area contributed by atoms with Crippen LogP contribution in [0.15, 0.2) is 47.1 Å². The second kappa shape index (κ2) is 5.80. The molecule has 0 saturated carbocycles. The van der Waals surface area contributed by atoms with Crippen LogP contribution < -0.4 is 11.1 Å². The molecule has 6 nitrogen and oxygen atoms in total. The quantitative estimate of drug-likeness (QED) is 0.618. The molecule has 0 fully saturated rings. The fourth-order valence-electron chi connectivity index (χ4n) is 2.28. The lowest BCUT2D eigenvalue weighted by atomic mass is 10.1. The van der Waals surface area contributed by atoms with E-state index in [4.69, 9.17) is 10.4 Å². The van der Waals surface area contributed by atoms with Gasteiger partial charge in [-0.15, -0.1) is 0 Å². The highest BCUT2D eigenvalue weighted by molar-refractivity contribution is 5.95. The van der Waals surface area contributed by atoms with Crippen LogP contribution >= 0.6 is 0 Å². The highest BCUT2D eigenvalue weighted by Gasteiger charge is 2.14. The van der Waals surface area contributed by atoms with Crippen molar-refractivity contribution in [2.45, 2.75) is 12.5 Å². The zero-order valence-corrected chi connectivity index (χ0v) is 11.4. The number of aliphatic hydroxyl groups excluding tert-OH is 1. The van der Waals surface area contributed by atoms with Crippen LogP contribution in [-0.4, -0.2) is 28.1 Å². The molecule has 0 aliphatic rings. The number of rotatable bonds is 5. The van der Waals surface area contributed by atoms with Crippen molar-refractivity contribution in [3.63, 3.8) is 0 Å². The molecule has 3 rings (SSSR count). The smallest absolute Gasteiger partial charge is 0.160 e. The Bertz CT molecular complexity index is 727. The Hall–Kier alpha value is -2.60. The standard InChI is InChI=1S/C15H16N4O2/c16-12-6-7-13(15-14(12)18-21-19-15)17-11(9-20)8-10-4-2-1-3-5-10/h1-7,11,17,20H,8-9,16H2. The third-order valence-electron chi connectivity index (χ3n) is 3.35. The fraction of sp³-hybridized carbons (Fsp3) is 0.200. The molecule has 21 heavy (non-hydrogen) atoms. The fourth-order valence-corrected chi connectivity index (χ4v) is 2.28. The minimum atomic E-state index is -0.129. The first-order chi connectivity index (χ1) is 10.3. The molecule has 1 atom stereocenters. The SMILES string of the molecule is Nc1ccc(NC(CO)Cc2ccccc2)c2nonc12. The highest BCUT2D eigenvalue weighted by atomic mass is 16.6. The first-order valence-electron chi connectivity index (χ1n) is 6.70. The Kier molecular flexibility index (Phi) is 3.70. The van der Waals surface area contributed by atoms with Gasteiger partial charge in [-0.25, -0.2) is 4.63 Å². The number of anilines is 2. The molecule has 0 amide bonds. The van der Waals surface area contributed by atoms with E-state index in [1.807, 2.05) is 36.4 Å². The summed E-state index contributed by atoms with van der Waals surface area (Å²) in [6.07, 6.45) is 0.703. The first-order valence-corrected chi connectivity index (χ1v) is 6.70. The van der Waals surface area contributed by atoms with E-state index in [-0.39, 0.29) is 12.6 Å². The summed E-state index contributed by atoms with van der Waals surface area (Å²) in [5, 5.41) is 20.5. The third kappa shape index (κ3) is 2.80. The van der Waals surface area contributed by atoms with Crippen molar-refractivity contribution in [3.05, 3.63) is 48.0 Å². The number of aromatic nitrogens is 2. The molecular weight excluding hydrogens is 268 g/mol. The normalized spacial score (nSPS) is 12.4. The Morgan fingerprint density at radius 2 is 1.86 bits per heavy atom. The number of nitrogens with one attached hydrogen (secondary N) is 1. The molecule has 1 unspecified atom stereocenters. The van der Waals surface area contributed by atoms with Gasteiger partial charge in [0.25, 0.3) is 0 Å². The highest BCUT2D eigenvalue weighted by Crippen LogP contribution is 2.26. The van der Waals surface area contributed by atoms with Gasteiger partial charge in [0.05, 0.1) is 24.0 Å². The lowest BCUT2D eigenvalue weighted by molar-refractivity contribution is 0.273. The monoisotopic (exact) mass is 284 g/mol. The first kappa shape index (κ1) is 13.4. The largest absolute Gasteiger partial charge is 0.397 e. The number of fused-ring (bicyclic) bond motifs is 1. The van der Waals surface area contributed by atoms with E-state index in [0.717, 1.165) is 11.3 Å².